The van der Waals surface area contributed by atoms with Gasteiger partial charge in [0.1, 0.15) is 0 Å². The second-order valence-electron chi connectivity index (χ2n) is 3.12. The summed E-state index contributed by atoms with van der Waals surface area (Å²) in [5, 5.41) is 10.7. The Morgan fingerprint density at radius 1 is 1.46 bits per heavy atom. The van der Waals surface area contributed by atoms with E-state index in [1.165, 1.54) is 6.07 Å². The van der Waals surface area contributed by atoms with E-state index in [1.54, 1.807) is 12.1 Å². The van der Waals surface area contributed by atoms with E-state index in [0.29, 0.717) is 10.5 Å². The number of hydrogen-bond acceptors (Lipinski definition) is 3. The summed E-state index contributed by atoms with van der Waals surface area (Å²) in [6.07, 6.45) is 0. The highest BCUT2D eigenvalue weighted by atomic mass is 32.1. The van der Waals surface area contributed by atoms with Gasteiger partial charge in [0.25, 0.3) is 5.69 Å². The number of hydrogen-bond donors (Lipinski definition) is 1. The molecule has 0 saturated heterocycles. The van der Waals surface area contributed by atoms with E-state index in [9.17, 15) is 10.1 Å². The normalized spacial score (nSPS) is 10.5. The Morgan fingerprint density at radius 2 is 2.08 bits per heavy atom. The third-order valence-electron chi connectivity index (χ3n) is 1.83. The number of nitro benzene ring substituents is 1. The smallest absolute Gasteiger partial charge is 0.258 e. The van der Waals surface area contributed by atoms with Crippen LogP contribution in [0.1, 0.15) is 25.3 Å². The fourth-order valence-corrected chi connectivity index (χ4v) is 1.75. The number of thiol groups is 1. The third kappa shape index (κ3) is 2.01. The molecule has 1 rings (SSSR count). The molecule has 0 spiro atoms. The summed E-state index contributed by atoms with van der Waals surface area (Å²) in [5.74, 6) is 0.120. The van der Waals surface area contributed by atoms with Crippen molar-refractivity contribution in [1.82, 2.24) is 0 Å². The van der Waals surface area contributed by atoms with Crippen molar-refractivity contribution in [2.45, 2.75) is 24.7 Å². The molecule has 0 saturated carbocycles. The lowest BCUT2D eigenvalue weighted by molar-refractivity contribution is -0.385. The van der Waals surface area contributed by atoms with Gasteiger partial charge in [-0.15, -0.1) is 12.6 Å². The van der Waals surface area contributed by atoms with Crippen LogP contribution in [0.5, 0.6) is 0 Å². The molecule has 0 aliphatic heterocycles. The summed E-state index contributed by atoms with van der Waals surface area (Å²) in [5.41, 5.74) is 0.860. The van der Waals surface area contributed by atoms with Gasteiger partial charge in [-0.2, -0.15) is 0 Å². The lowest BCUT2D eigenvalue weighted by atomic mass is 10.0. The molecule has 0 unspecified atom stereocenters. The number of benzene rings is 1. The Bertz CT molecular complexity index is 336. The Labute approximate surface area is 82.3 Å². The van der Waals surface area contributed by atoms with Crippen LogP contribution in [0.25, 0.3) is 0 Å². The monoisotopic (exact) mass is 197 g/mol. The second-order valence-corrected chi connectivity index (χ2v) is 3.60. The van der Waals surface area contributed by atoms with Gasteiger partial charge < -0.3 is 0 Å². The summed E-state index contributed by atoms with van der Waals surface area (Å²) in [4.78, 5) is 11.0. The molecule has 70 valence electrons. The van der Waals surface area contributed by atoms with Crippen molar-refractivity contribution in [2.75, 3.05) is 0 Å². The first-order valence-electron chi connectivity index (χ1n) is 4.00. The summed E-state index contributed by atoms with van der Waals surface area (Å²) < 4.78 is 0. The van der Waals surface area contributed by atoms with Gasteiger partial charge in [-0.1, -0.05) is 19.9 Å². The van der Waals surface area contributed by atoms with E-state index in [0.717, 1.165) is 0 Å². The zero-order valence-corrected chi connectivity index (χ0v) is 8.41. The molecule has 4 heteroatoms. The van der Waals surface area contributed by atoms with Crippen molar-refractivity contribution < 1.29 is 4.92 Å². The molecule has 0 heterocycles. The van der Waals surface area contributed by atoms with Crippen LogP contribution < -0.4 is 0 Å². The molecule has 13 heavy (non-hydrogen) atoms. The molecule has 1 aromatic rings. The largest absolute Gasteiger partial charge is 0.273 e. The van der Waals surface area contributed by atoms with Crippen molar-refractivity contribution in [3.05, 3.63) is 33.9 Å². The van der Waals surface area contributed by atoms with Crippen molar-refractivity contribution in [2.24, 2.45) is 0 Å². The van der Waals surface area contributed by atoms with Crippen LogP contribution in [0, 0.1) is 10.1 Å². The molecule has 0 atom stereocenters. The van der Waals surface area contributed by atoms with Crippen LogP contribution in [-0.4, -0.2) is 4.92 Å². The van der Waals surface area contributed by atoms with Gasteiger partial charge in [0.15, 0.2) is 0 Å². The van der Waals surface area contributed by atoms with Gasteiger partial charge >= 0.3 is 0 Å². The summed E-state index contributed by atoms with van der Waals surface area (Å²) in [6.45, 7) is 3.84. The maximum Gasteiger partial charge on any atom is 0.273 e. The van der Waals surface area contributed by atoms with E-state index in [2.05, 4.69) is 12.6 Å². The van der Waals surface area contributed by atoms with Crippen LogP contribution in [0.3, 0.4) is 0 Å². The highest BCUT2D eigenvalue weighted by Crippen LogP contribution is 2.31. The molecule has 0 aliphatic rings. The molecular formula is C9H11NO2S. The van der Waals surface area contributed by atoms with E-state index in [-0.39, 0.29) is 16.5 Å². The molecule has 0 N–H and O–H groups in total. The van der Waals surface area contributed by atoms with E-state index in [1.807, 2.05) is 13.8 Å². The Balaban J connectivity index is 3.34. The SMILES string of the molecule is CC(C)c1c(S)cccc1[N+](=O)[O-]. The maximum absolute atomic E-state index is 10.7. The Kier molecular flexibility index (Phi) is 2.93. The predicted octanol–water partition coefficient (Wildman–Crippen LogP) is 3.01. The number of rotatable bonds is 2. The van der Waals surface area contributed by atoms with Gasteiger partial charge in [-0.05, 0) is 12.0 Å². The molecule has 0 fully saturated rings. The van der Waals surface area contributed by atoms with Crippen LogP contribution in [0.2, 0.25) is 0 Å². The first-order chi connectivity index (χ1) is 6.04. The van der Waals surface area contributed by atoms with Gasteiger partial charge in [0.2, 0.25) is 0 Å². The quantitative estimate of drug-likeness (QED) is 0.450. The van der Waals surface area contributed by atoms with Crippen LogP contribution in [0.4, 0.5) is 5.69 Å². The highest BCUT2D eigenvalue weighted by Gasteiger charge is 2.17. The lowest BCUT2D eigenvalue weighted by Crippen LogP contribution is -1.98. The standard InChI is InChI=1S/C9H11NO2S/c1-6(2)9-7(10(11)12)4-3-5-8(9)13/h3-6,13H,1-2H3. The fourth-order valence-electron chi connectivity index (χ4n) is 1.29. The second kappa shape index (κ2) is 3.79. The van der Waals surface area contributed by atoms with Gasteiger partial charge in [-0.3, -0.25) is 10.1 Å². The zero-order valence-electron chi connectivity index (χ0n) is 7.52. The summed E-state index contributed by atoms with van der Waals surface area (Å²) in [7, 11) is 0. The van der Waals surface area contributed by atoms with E-state index < -0.39 is 0 Å². The van der Waals surface area contributed by atoms with Crippen molar-refractivity contribution in [3.8, 4) is 0 Å². The molecule has 0 aliphatic carbocycles. The Hall–Kier alpha value is -1.03. The average molecular weight is 197 g/mol. The van der Waals surface area contributed by atoms with Crippen molar-refractivity contribution in [1.29, 1.82) is 0 Å². The molecule has 0 bridgehead atoms. The molecule has 0 aromatic heterocycles. The lowest BCUT2D eigenvalue weighted by Gasteiger charge is -2.08. The highest BCUT2D eigenvalue weighted by molar-refractivity contribution is 7.80. The zero-order chi connectivity index (χ0) is 10.0. The van der Waals surface area contributed by atoms with Crippen LogP contribution in [-0.2, 0) is 0 Å². The van der Waals surface area contributed by atoms with Crippen LogP contribution >= 0.6 is 12.6 Å². The first-order valence-corrected chi connectivity index (χ1v) is 4.45. The van der Waals surface area contributed by atoms with Crippen molar-refractivity contribution in [3.63, 3.8) is 0 Å². The predicted molar refractivity (Wildman–Crippen MR) is 54.4 cm³/mol. The average Bonchev–Trinajstić information content (AvgIpc) is 2.02. The minimum Gasteiger partial charge on any atom is -0.258 e. The number of nitrogens with zero attached hydrogens (tertiary/aromatic N) is 1. The minimum atomic E-state index is -0.366. The maximum atomic E-state index is 10.7. The number of nitro groups is 1. The molecule has 3 nitrogen and oxygen atoms in total. The molecule has 0 amide bonds. The minimum absolute atomic E-state index is 0.120. The van der Waals surface area contributed by atoms with E-state index in [4.69, 9.17) is 0 Å². The van der Waals surface area contributed by atoms with Crippen molar-refractivity contribution >= 4 is 18.3 Å². The van der Waals surface area contributed by atoms with Gasteiger partial charge in [0, 0.05) is 16.5 Å². The Morgan fingerprint density at radius 3 is 2.46 bits per heavy atom. The van der Waals surface area contributed by atoms with Gasteiger partial charge in [0.05, 0.1) is 4.92 Å². The summed E-state index contributed by atoms with van der Waals surface area (Å²) in [6, 6.07) is 4.92. The fraction of sp³-hybridized carbons (Fsp3) is 0.333. The topological polar surface area (TPSA) is 43.1 Å². The summed E-state index contributed by atoms with van der Waals surface area (Å²) >= 11 is 4.20. The molecule has 0 radical (unpaired) electrons. The first kappa shape index (κ1) is 10.1. The van der Waals surface area contributed by atoms with E-state index >= 15 is 0 Å². The molecular weight excluding hydrogens is 186 g/mol. The third-order valence-corrected chi connectivity index (χ3v) is 2.22. The van der Waals surface area contributed by atoms with Gasteiger partial charge in [-0.25, -0.2) is 0 Å². The van der Waals surface area contributed by atoms with Crippen LogP contribution in [0.15, 0.2) is 23.1 Å². The molecule has 1 aromatic carbocycles.